The molecule has 2 aromatic carbocycles. The van der Waals surface area contributed by atoms with Gasteiger partial charge in [0.25, 0.3) is 0 Å². The summed E-state index contributed by atoms with van der Waals surface area (Å²) in [5, 5.41) is 0. The molecular formula is C27H25F7O2. The Kier molecular flexibility index (Phi) is 8.21. The van der Waals surface area contributed by atoms with Crippen molar-refractivity contribution in [3.63, 3.8) is 0 Å². The molecule has 0 atom stereocenters. The molecule has 0 amide bonds. The molecule has 0 fully saturated rings. The maximum Gasteiger partial charge on any atom is 0.342 e. The van der Waals surface area contributed by atoms with Gasteiger partial charge < -0.3 is 9.47 Å². The quantitative estimate of drug-likeness (QED) is 0.248. The first kappa shape index (κ1) is 27.4. The van der Waals surface area contributed by atoms with Crippen LogP contribution in [0.2, 0.25) is 0 Å². The standard InChI is InChI=1S/C27H25F7O2/c1-4-6-17-7-11-22(21(29)13-17)36-15-19(16(3)28)9-8-18-14-26(31,32)27(33,34)24-20(18)10-12-23(25(24)30)35-5-2/h7-14H,4-6,15H2,1-3H3/b9-8-,19-16-. The van der Waals surface area contributed by atoms with Gasteiger partial charge in [-0.3, -0.25) is 0 Å². The predicted octanol–water partition coefficient (Wildman–Crippen LogP) is 8.32. The molecule has 0 spiro atoms. The maximum atomic E-state index is 14.8. The van der Waals surface area contributed by atoms with Crippen molar-refractivity contribution in [2.24, 2.45) is 0 Å². The first-order chi connectivity index (χ1) is 16.9. The second kappa shape index (κ2) is 10.8. The lowest BCUT2D eigenvalue weighted by Crippen LogP contribution is -2.40. The van der Waals surface area contributed by atoms with Crippen molar-refractivity contribution in [3.05, 3.63) is 88.3 Å². The Morgan fingerprint density at radius 2 is 1.67 bits per heavy atom. The highest BCUT2D eigenvalue weighted by atomic mass is 19.3. The number of allylic oxidation sites excluding steroid dienone is 4. The van der Waals surface area contributed by atoms with Crippen molar-refractivity contribution in [1.82, 2.24) is 0 Å². The fraction of sp³-hybridized carbons (Fsp3) is 0.333. The van der Waals surface area contributed by atoms with Crippen LogP contribution in [0.4, 0.5) is 30.7 Å². The number of aryl methyl sites for hydroxylation is 1. The molecule has 3 rings (SSSR count). The summed E-state index contributed by atoms with van der Waals surface area (Å²) in [5.74, 6) is -13.3. The summed E-state index contributed by atoms with van der Waals surface area (Å²) in [5.41, 5.74) is -1.83. The molecule has 0 radical (unpaired) electrons. The van der Waals surface area contributed by atoms with Crippen molar-refractivity contribution in [3.8, 4) is 11.5 Å². The molecule has 9 heteroatoms. The van der Waals surface area contributed by atoms with Crippen LogP contribution >= 0.6 is 0 Å². The molecule has 0 bridgehead atoms. The minimum absolute atomic E-state index is 0.00376. The lowest BCUT2D eigenvalue weighted by molar-refractivity contribution is -0.189. The summed E-state index contributed by atoms with van der Waals surface area (Å²) in [4.78, 5) is 0. The van der Waals surface area contributed by atoms with Crippen LogP contribution in [0, 0.1) is 11.6 Å². The predicted molar refractivity (Wildman–Crippen MR) is 123 cm³/mol. The first-order valence-electron chi connectivity index (χ1n) is 11.3. The summed E-state index contributed by atoms with van der Waals surface area (Å²) in [6, 6.07) is 6.47. The Hall–Kier alpha value is -3.23. The Bertz CT molecular complexity index is 1210. The van der Waals surface area contributed by atoms with Gasteiger partial charge in [0.2, 0.25) is 0 Å². The smallest absolute Gasteiger partial charge is 0.342 e. The molecule has 194 valence electrons. The second-order valence-corrected chi connectivity index (χ2v) is 8.23. The van der Waals surface area contributed by atoms with E-state index in [1.807, 2.05) is 6.92 Å². The number of fused-ring (bicyclic) bond motifs is 1. The minimum atomic E-state index is -4.84. The Morgan fingerprint density at radius 3 is 2.28 bits per heavy atom. The van der Waals surface area contributed by atoms with E-state index >= 15 is 0 Å². The van der Waals surface area contributed by atoms with Crippen LogP contribution in [0.3, 0.4) is 0 Å². The van der Waals surface area contributed by atoms with Gasteiger partial charge in [0.1, 0.15) is 12.4 Å². The zero-order valence-corrected chi connectivity index (χ0v) is 19.9. The average Bonchev–Trinajstić information content (AvgIpc) is 2.79. The van der Waals surface area contributed by atoms with Gasteiger partial charge in [-0.1, -0.05) is 31.6 Å². The Labute approximate surface area is 204 Å². The minimum Gasteiger partial charge on any atom is -0.491 e. The summed E-state index contributed by atoms with van der Waals surface area (Å²) < 4.78 is 111. The van der Waals surface area contributed by atoms with Gasteiger partial charge >= 0.3 is 11.8 Å². The largest absolute Gasteiger partial charge is 0.491 e. The molecule has 0 heterocycles. The topological polar surface area (TPSA) is 18.5 Å². The van der Waals surface area contributed by atoms with Crippen LogP contribution in [0.1, 0.15) is 43.9 Å². The van der Waals surface area contributed by atoms with E-state index in [0.717, 1.165) is 43.2 Å². The van der Waals surface area contributed by atoms with E-state index in [2.05, 4.69) is 0 Å². The molecule has 0 unspecified atom stereocenters. The third-order valence-corrected chi connectivity index (χ3v) is 5.61. The van der Waals surface area contributed by atoms with Crippen LogP contribution < -0.4 is 9.47 Å². The van der Waals surface area contributed by atoms with Crippen LogP contribution in [0.15, 0.2) is 60.0 Å². The number of hydrogen-bond acceptors (Lipinski definition) is 2. The van der Waals surface area contributed by atoms with E-state index in [0.29, 0.717) is 6.42 Å². The monoisotopic (exact) mass is 514 g/mol. The number of rotatable bonds is 9. The molecule has 0 saturated heterocycles. The normalized spacial score (nSPS) is 16.9. The van der Waals surface area contributed by atoms with E-state index in [-0.39, 0.29) is 24.0 Å². The summed E-state index contributed by atoms with van der Waals surface area (Å²) >= 11 is 0. The van der Waals surface area contributed by atoms with Crippen molar-refractivity contribution < 1.29 is 40.2 Å². The third kappa shape index (κ3) is 5.44. The van der Waals surface area contributed by atoms with E-state index < -0.39 is 58.4 Å². The van der Waals surface area contributed by atoms with Gasteiger partial charge in [-0.2, -0.15) is 17.6 Å². The molecule has 0 saturated carbocycles. The van der Waals surface area contributed by atoms with Crippen molar-refractivity contribution >= 4 is 5.57 Å². The molecule has 1 aliphatic carbocycles. The zero-order chi connectivity index (χ0) is 26.7. The summed E-state index contributed by atoms with van der Waals surface area (Å²) in [7, 11) is 0. The number of halogens is 7. The van der Waals surface area contributed by atoms with Crippen molar-refractivity contribution in [1.29, 1.82) is 0 Å². The maximum absolute atomic E-state index is 14.8. The van der Waals surface area contributed by atoms with Gasteiger partial charge in [-0.25, -0.2) is 13.2 Å². The van der Waals surface area contributed by atoms with E-state index in [1.54, 1.807) is 6.07 Å². The Morgan fingerprint density at radius 1 is 0.972 bits per heavy atom. The lowest BCUT2D eigenvalue weighted by atomic mass is 9.84. The van der Waals surface area contributed by atoms with Crippen molar-refractivity contribution in [2.45, 2.75) is 45.5 Å². The molecule has 0 aliphatic heterocycles. The SMILES string of the molecule is CCCc1ccc(OCC(/C=C\C2=CC(F)(F)C(F)(F)c3c2ccc(OCC)c3F)=C(/C)F)c(F)c1. The van der Waals surface area contributed by atoms with Crippen LogP contribution in [-0.2, 0) is 12.3 Å². The van der Waals surface area contributed by atoms with Gasteiger partial charge in [0.05, 0.1) is 12.2 Å². The van der Waals surface area contributed by atoms with Crippen molar-refractivity contribution in [2.75, 3.05) is 13.2 Å². The van der Waals surface area contributed by atoms with Gasteiger partial charge in [0.15, 0.2) is 23.1 Å². The molecule has 2 aromatic rings. The van der Waals surface area contributed by atoms with E-state index in [9.17, 15) is 30.7 Å². The third-order valence-electron chi connectivity index (χ3n) is 5.61. The number of benzene rings is 2. The average molecular weight is 514 g/mol. The zero-order valence-electron chi connectivity index (χ0n) is 19.9. The van der Waals surface area contributed by atoms with E-state index in [1.165, 1.54) is 19.1 Å². The molecule has 0 N–H and O–H groups in total. The summed E-state index contributed by atoms with van der Waals surface area (Å²) in [6.07, 6.45) is 3.50. The molecule has 2 nitrogen and oxygen atoms in total. The van der Waals surface area contributed by atoms with Crippen LogP contribution in [0.5, 0.6) is 11.5 Å². The fourth-order valence-corrected chi connectivity index (χ4v) is 3.75. The highest BCUT2D eigenvalue weighted by Crippen LogP contribution is 2.53. The fourth-order valence-electron chi connectivity index (χ4n) is 3.75. The number of ether oxygens (including phenoxy) is 2. The highest BCUT2D eigenvalue weighted by Gasteiger charge is 2.61. The van der Waals surface area contributed by atoms with Gasteiger partial charge in [-0.15, -0.1) is 0 Å². The number of hydrogen-bond donors (Lipinski definition) is 0. The molecule has 1 aliphatic rings. The molecule has 0 aromatic heterocycles. The lowest BCUT2D eigenvalue weighted by Gasteiger charge is -2.32. The van der Waals surface area contributed by atoms with Crippen LogP contribution in [-0.4, -0.2) is 19.1 Å². The van der Waals surface area contributed by atoms with Gasteiger partial charge in [0, 0.05) is 5.57 Å². The summed E-state index contributed by atoms with van der Waals surface area (Å²) in [6.45, 7) is 3.97. The molecule has 36 heavy (non-hydrogen) atoms. The Balaban J connectivity index is 1.92. The number of alkyl halides is 4. The highest BCUT2D eigenvalue weighted by molar-refractivity contribution is 5.80. The van der Waals surface area contributed by atoms with Gasteiger partial charge in [-0.05, 0) is 67.3 Å². The van der Waals surface area contributed by atoms with Crippen LogP contribution in [0.25, 0.3) is 5.57 Å². The van der Waals surface area contributed by atoms with E-state index in [4.69, 9.17) is 9.47 Å². The second-order valence-electron chi connectivity index (χ2n) is 8.23. The first-order valence-corrected chi connectivity index (χ1v) is 11.3. The molecular weight excluding hydrogens is 489 g/mol.